The van der Waals surface area contributed by atoms with E-state index in [1.54, 1.807) is 0 Å². The minimum absolute atomic E-state index is 0. The van der Waals surface area contributed by atoms with Gasteiger partial charge in [0.2, 0.25) is 0 Å². The van der Waals surface area contributed by atoms with Gasteiger partial charge in [0.1, 0.15) is 0 Å². The molecule has 0 aromatic heterocycles. The van der Waals surface area contributed by atoms with Crippen molar-refractivity contribution in [2.24, 2.45) is 0 Å². The quantitative estimate of drug-likeness (QED) is 0.437. The van der Waals surface area contributed by atoms with Gasteiger partial charge in [0.05, 0.1) is 0 Å². The number of hydrogen-bond acceptors (Lipinski definition) is 2. The van der Waals surface area contributed by atoms with Crippen molar-refractivity contribution in [3.8, 4) is 0 Å². The van der Waals surface area contributed by atoms with E-state index >= 15 is 0 Å². The van der Waals surface area contributed by atoms with Crippen molar-refractivity contribution in [1.82, 2.24) is 0 Å². The average Bonchev–Trinajstić information content (AvgIpc) is 0.722. The first-order valence-electron chi connectivity index (χ1n) is 0.698. The second kappa shape index (κ2) is 3.24. The fraction of sp³-hybridized carbons (Fsp3) is 0. The third-order valence-corrected chi connectivity index (χ3v) is 0. The van der Waals surface area contributed by atoms with E-state index in [0.717, 1.165) is 0 Å². The van der Waals surface area contributed by atoms with E-state index in [1.807, 2.05) is 0 Å². The Bertz CT molecular complexity index is 90.7. The van der Waals surface area contributed by atoms with Crippen molar-refractivity contribution in [2.45, 2.75) is 0 Å². The van der Waals surface area contributed by atoms with Gasteiger partial charge in [-0.1, -0.05) is 0 Å². The summed E-state index contributed by atoms with van der Waals surface area (Å²) in [4.78, 5) is 0. The zero-order valence-corrected chi connectivity index (χ0v) is 8.05. The third kappa shape index (κ3) is 63.2. The number of rotatable bonds is 0. The Morgan fingerprint density at radius 2 is 1.17 bits per heavy atom. The average molecular weight is 273 g/mol. The third-order valence-electron chi connectivity index (χ3n) is 0. The molecule has 4 nitrogen and oxygen atoms in total. The van der Waals surface area contributed by atoms with Gasteiger partial charge in [0, 0.05) is 0 Å². The van der Waals surface area contributed by atoms with E-state index in [9.17, 15) is 0 Å². The summed E-state index contributed by atoms with van der Waals surface area (Å²) in [6, 6.07) is 0. The van der Waals surface area contributed by atoms with Crippen LogP contribution in [0.5, 0.6) is 0 Å². The van der Waals surface area contributed by atoms with Crippen molar-refractivity contribution in [2.75, 3.05) is 0 Å². The van der Waals surface area contributed by atoms with Crippen LogP contribution in [0, 0.1) is 0 Å². The van der Waals surface area contributed by atoms with Crippen molar-refractivity contribution >= 4 is 0 Å². The first-order chi connectivity index (χ1) is 2.00. The molecule has 32 valence electrons. The summed E-state index contributed by atoms with van der Waals surface area (Å²) in [7, 11) is 0. The standard InChI is InChI=1S/Na.2H2O.2O.W/h;2*1H2;;;/q+1;;;;;+2/p-2. The SMILES string of the molecule is [Na+].[O]=[W](=[O])([OH])[OH]. The Labute approximate surface area is 60.2 Å². The second-order valence-corrected chi connectivity index (χ2v) is 3.67. The summed E-state index contributed by atoms with van der Waals surface area (Å²) in [6.45, 7) is 0. The molecular formula is H2NaO4W+. The molecule has 0 aliphatic rings. The molecule has 0 saturated carbocycles. The van der Waals surface area contributed by atoms with Crippen LogP contribution < -0.4 is 29.6 Å². The first-order valence-corrected chi connectivity index (χ1v) is 5.72. The van der Waals surface area contributed by atoms with Gasteiger partial charge in [-0.3, -0.25) is 0 Å². The Hall–Kier alpha value is 1.21. The van der Waals surface area contributed by atoms with Crippen LogP contribution in [0.2, 0.25) is 0 Å². The molecule has 0 bridgehead atoms. The topological polar surface area (TPSA) is 74.6 Å². The fourth-order valence-corrected chi connectivity index (χ4v) is 0. The van der Waals surface area contributed by atoms with Crippen LogP contribution in [0.25, 0.3) is 0 Å². The van der Waals surface area contributed by atoms with Crippen LogP contribution in [-0.2, 0) is 23.5 Å². The van der Waals surface area contributed by atoms with Crippen molar-refractivity contribution in [3.63, 3.8) is 0 Å². The summed E-state index contributed by atoms with van der Waals surface area (Å²) in [5.41, 5.74) is 0. The Morgan fingerprint density at radius 1 is 1.17 bits per heavy atom. The summed E-state index contributed by atoms with van der Waals surface area (Å²) < 4.78 is 32.1. The van der Waals surface area contributed by atoms with Gasteiger partial charge in [-0.05, 0) is 0 Å². The van der Waals surface area contributed by atoms with Gasteiger partial charge in [0.15, 0.2) is 0 Å². The predicted molar refractivity (Wildman–Crippen MR) is 5.81 cm³/mol. The molecule has 0 aromatic rings. The van der Waals surface area contributed by atoms with E-state index in [0.29, 0.717) is 0 Å². The molecule has 2 N–H and O–H groups in total. The van der Waals surface area contributed by atoms with Crippen molar-refractivity contribution < 1.29 is 60.6 Å². The zero-order chi connectivity index (χ0) is 4.50. The van der Waals surface area contributed by atoms with E-state index in [4.69, 9.17) is 14.3 Å². The molecular weight excluding hydrogens is 271 g/mol. The maximum absolute atomic E-state index is 8.87. The van der Waals surface area contributed by atoms with E-state index in [2.05, 4.69) is 0 Å². The van der Waals surface area contributed by atoms with E-state index in [-0.39, 0.29) is 29.6 Å². The van der Waals surface area contributed by atoms with Gasteiger partial charge >= 0.3 is 60.6 Å². The molecule has 0 spiro atoms. The Balaban J connectivity index is 0. The fourth-order valence-electron chi connectivity index (χ4n) is 0. The molecule has 0 rings (SSSR count). The Kier molecular flexibility index (Phi) is 5.53. The molecule has 0 unspecified atom stereocenters. The van der Waals surface area contributed by atoms with Crippen molar-refractivity contribution in [1.29, 1.82) is 0 Å². The van der Waals surface area contributed by atoms with Crippen LogP contribution in [0.1, 0.15) is 0 Å². The van der Waals surface area contributed by atoms with Crippen LogP contribution in [-0.4, -0.2) is 7.52 Å². The first kappa shape index (κ1) is 10.2. The van der Waals surface area contributed by atoms with E-state index in [1.165, 1.54) is 0 Å². The van der Waals surface area contributed by atoms with Gasteiger partial charge in [-0.2, -0.15) is 0 Å². The monoisotopic (exact) mass is 273 g/mol. The molecule has 0 saturated heterocycles. The molecule has 0 heterocycles. The Morgan fingerprint density at radius 3 is 1.17 bits per heavy atom. The van der Waals surface area contributed by atoms with Crippen molar-refractivity contribution in [3.05, 3.63) is 0 Å². The molecule has 0 atom stereocenters. The molecule has 0 aliphatic heterocycles. The minimum atomic E-state index is -5.67. The molecule has 0 aromatic carbocycles. The summed E-state index contributed by atoms with van der Waals surface area (Å²) in [6.07, 6.45) is 0. The molecule has 0 fully saturated rings. The normalized spacial score (nSPS) is 9.67. The van der Waals surface area contributed by atoms with Crippen LogP contribution in [0.3, 0.4) is 0 Å². The van der Waals surface area contributed by atoms with Gasteiger partial charge < -0.3 is 0 Å². The summed E-state index contributed by atoms with van der Waals surface area (Å²) in [5, 5.41) is 0. The van der Waals surface area contributed by atoms with E-state index < -0.39 is 16.7 Å². The summed E-state index contributed by atoms with van der Waals surface area (Å²) >= 11 is -5.67. The second-order valence-electron chi connectivity index (χ2n) is 0.448. The van der Waals surface area contributed by atoms with Gasteiger partial charge in [0.25, 0.3) is 0 Å². The van der Waals surface area contributed by atoms with Gasteiger partial charge in [-0.15, -0.1) is 0 Å². The number of hydrogen-bond donors (Lipinski definition) is 2. The zero-order valence-electron chi connectivity index (χ0n) is 3.12. The molecule has 6 heteroatoms. The maximum atomic E-state index is 8.87. The van der Waals surface area contributed by atoms with Gasteiger partial charge in [-0.25, -0.2) is 0 Å². The van der Waals surface area contributed by atoms with Crippen LogP contribution >= 0.6 is 0 Å². The molecule has 0 aliphatic carbocycles. The van der Waals surface area contributed by atoms with Crippen LogP contribution in [0.15, 0.2) is 0 Å². The van der Waals surface area contributed by atoms with Crippen LogP contribution in [0.4, 0.5) is 0 Å². The summed E-state index contributed by atoms with van der Waals surface area (Å²) in [5.74, 6) is 0. The molecule has 6 heavy (non-hydrogen) atoms. The molecule has 0 radical (unpaired) electrons. The molecule has 0 amide bonds. The predicted octanol–water partition coefficient (Wildman–Crippen LogP) is -4.35.